The van der Waals surface area contributed by atoms with Crippen LogP contribution in [0.5, 0.6) is 0 Å². The lowest BCUT2D eigenvalue weighted by atomic mass is 10.0. The molecular weight excluding hydrogens is 430 g/mol. The molecule has 7 heteroatoms. The lowest BCUT2D eigenvalue weighted by Gasteiger charge is -2.31. The van der Waals surface area contributed by atoms with E-state index in [9.17, 15) is 5.11 Å². The van der Waals surface area contributed by atoms with Crippen LogP contribution in [-0.4, -0.2) is 45.9 Å². The standard InChI is InChI=1S/C26H31N5OS/c1-2-3-6-20-7-4-9-23(28-20)19-15-24(30-26-10-5-8-21(18-32)29-26)22(17-27)25(16-19)31-11-13-33-14-12-31/h4-5,7-10,15-17,27,32H,2-3,6,11-14,18H2,1H3,(H,29,30). The van der Waals surface area contributed by atoms with Crippen molar-refractivity contribution in [3.8, 4) is 11.3 Å². The van der Waals surface area contributed by atoms with Gasteiger partial charge in [-0.05, 0) is 49.2 Å². The van der Waals surface area contributed by atoms with E-state index in [0.717, 1.165) is 77.7 Å². The molecule has 0 radical (unpaired) electrons. The van der Waals surface area contributed by atoms with E-state index in [1.807, 2.05) is 23.9 Å². The van der Waals surface area contributed by atoms with Crippen LogP contribution in [0.1, 0.15) is 36.7 Å². The first kappa shape index (κ1) is 23.3. The quantitative estimate of drug-likeness (QED) is 0.376. The van der Waals surface area contributed by atoms with Crippen molar-refractivity contribution in [3.63, 3.8) is 0 Å². The van der Waals surface area contributed by atoms with Gasteiger partial charge in [0.15, 0.2) is 0 Å². The number of rotatable bonds is 9. The summed E-state index contributed by atoms with van der Waals surface area (Å²) in [5.41, 5.74) is 6.37. The van der Waals surface area contributed by atoms with Crippen LogP contribution in [0.4, 0.5) is 17.2 Å². The van der Waals surface area contributed by atoms with Gasteiger partial charge in [-0.1, -0.05) is 25.5 Å². The van der Waals surface area contributed by atoms with Crippen molar-refractivity contribution in [1.82, 2.24) is 9.97 Å². The summed E-state index contributed by atoms with van der Waals surface area (Å²) in [6, 6.07) is 16.0. The molecule has 4 rings (SSSR count). The molecule has 6 nitrogen and oxygen atoms in total. The van der Waals surface area contributed by atoms with Crippen molar-refractivity contribution < 1.29 is 5.11 Å². The molecule has 0 aliphatic carbocycles. The molecule has 172 valence electrons. The van der Waals surface area contributed by atoms with Gasteiger partial charge in [-0.3, -0.25) is 4.98 Å². The van der Waals surface area contributed by atoms with Crippen LogP contribution in [0, 0.1) is 5.41 Å². The van der Waals surface area contributed by atoms with Gasteiger partial charge in [0.2, 0.25) is 0 Å². The lowest BCUT2D eigenvalue weighted by molar-refractivity contribution is 0.277. The maximum absolute atomic E-state index is 9.48. The molecular formula is C26H31N5OS. The van der Waals surface area contributed by atoms with Crippen molar-refractivity contribution >= 4 is 35.2 Å². The SMILES string of the molecule is CCCCc1cccc(-c2cc(Nc3cccc(CO)n3)c(C=N)c(N3CCSCC3)c2)n1. The highest BCUT2D eigenvalue weighted by molar-refractivity contribution is 7.99. The molecule has 3 aromatic rings. The van der Waals surface area contributed by atoms with Crippen LogP contribution in [0.25, 0.3) is 11.3 Å². The van der Waals surface area contributed by atoms with E-state index in [1.165, 1.54) is 6.21 Å². The van der Waals surface area contributed by atoms with Gasteiger partial charge < -0.3 is 20.7 Å². The highest BCUT2D eigenvalue weighted by Crippen LogP contribution is 2.35. The molecule has 1 saturated heterocycles. The third-order valence-electron chi connectivity index (χ3n) is 5.77. The zero-order chi connectivity index (χ0) is 23.0. The van der Waals surface area contributed by atoms with E-state index in [1.54, 1.807) is 6.07 Å². The lowest BCUT2D eigenvalue weighted by Crippen LogP contribution is -2.33. The number of aromatic nitrogens is 2. The molecule has 0 spiro atoms. The van der Waals surface area contributed by atoms with Gasteiger partial charge in [-0.25, -0.2) is 4.98 Å². The molecule has 1 aliphatic heterocycles. The monoisotopic (exact) mass is 461 g/mol. The minimum absolute atomic E-state index is 0.113. The van der Waals surface area contributed by atoms with E-state index < -0.39 is 0 Å². The molecule has 2 aromatic heterocycles. The van der Waals surface area contributed by atoms with E-state index in [4.69, 9.17) is 10.4 Å². The summed E-state index contributed by atoms with van der Waals surface area (Å²) >= 11 is 1.97. The molecule has 1 aromatic carbocycles. The number of unbranched alkanes of at least 4 members (excludes halogenated alkanes) is 1. The Morgan fingerprint density at radius 2 is 1.88 bits per heavy atom. The molecule has 3 heterocycles. The predicted octanol–water partition coefficient (Wildman–Crippen LogP) is 5.27. The Hall–Kier alpha value is -2.90. The zero-order valence-corrected chi connectivity index (χ0v) is 19.9. The van der Waals surface area contributed by atoms with Gasteiger partial charge >= 0.3 is 0 Å². The minimum Gasteiger partial charge on any atom is -0.390 e. The average Bonchev–Trinajstić information content (AvgIpc) is 2.87. The molecule has 33 heavy (non-hydrogen) atoms. The first-order valence-corrected chi connectivity index (χ1v) is 12.7. The highest BCUT2D eigenvalue weighted by Gasteiger charge is 2.19. The molecule has 0 saturated carbocycles. The molecule has 0 unspecified atom stereocenters. The van der Waals surface area contributed by atoms with Gasteiger partial charge in [0.25, 0.3) is 0 Å². The maximum Gasteiger partial charge on any atom is 0.130 e. The number of hydrogen-bond donors (Lipinski definition) is 3. The van der Waals surface area contributed by atoms with Crippen LogP contribution in [0.2, 0.25) is 0 Å². The second-order valence-corrected chi connectivity index (χ2v) is 9.34. The van der Waals surface area contributed by atoms with Gasteiger partial charge in [0, 0.05) is 53.3 Å². The Balaban J connectivity index is 1.79. The number of anilines is 3. The summed E-state index contributed by atoms with van der Waals surface area (Å²) in [5, 5.41) is 21.1. The van der Waals surface area contributed by atoms with E-state index in [0.29, 0.717) is 11.5 Å². The minimum atomic E-state index is -0.113. The normalized spacial score (nSPS) is 13.7. The summed E-state index contributed by atoms with van der Waals surface area (Å²) in [6.07, 6.45) is 4.66. The van der Waals surface area contributed by atoms with E-state index >= 15 is 0 Å². The van der Waals surface area contributed by atoms with E-state index in [2.05, 4.69) is 52.5 Å². The number of aryl methyl sites for hydroxylation is 1. The van der Waals surface area contributed by atoms with Crippen molar-refractivity contribution in [3.05, 3.63) is 65.5 Å². The van der Waals surface area contributed by atoms with Crippen LogP contribution >= 0.6 is 11.8 Å². The number of nitrogens with zero attached hydrogens (tertiary/aromatic N) is 3. The fourth-order valence-electron chi connectivity index (χ4n) is 4.02. The molecule has 0 amide bonds. The topological polar surface area (TPSA) is 85.1 Å². The Morgan fingerprint density at radius 1 is 1.09 bits per heavy atom. The Morgan fingerprint density at radius 3 is 2.64 bits per heavy atom. The first-order chi connectivity index (χ1) is 16.2. The Kier molecular flexibility index (Phi) is 7.96. The fraction of sp³-hybridized carbons (Fsp3) is 0.346. The summed E-state index contributed by atoms with van der Waals surface area (Å²) in [4.78, 5) is 11.8. The number of benzene rings is 1. The summed E-state index contributed by atoms with van der Waals surface area (Å²) in [6.45, 7) is 3.99. The number of nitrogens with one attached hydrogen (secondary N) is 2. The third-order valence-corrected chi connectivity index (χ3v) is 6.72. The number of pyridine rings is 2. The van der Waals surface area contributed by atoms with Crippen molar-refractivity contribution in [1.29, 1.82) is 5.41 Å². The number of aliphatic hydroxyl groups excluding tert-OH is 1. The molecule has 0 atom stereocenters. The zero-order valence-electron chi connectivity index (χ0n) is 19.1. The van der Waals surface area contributed by atoms with Crippen molar-refractivity contribution in [2.45, 2.75) is 32.8 Å². The smallest absolute Gasteiger partial charge is 0.130 e. The highest BCUT2D eigenvalue weighted by atomic mass is 32.2. The predicted molar refractivity (Wildman–Crippen MR) is 139 cm³/mol. The molecule has 1 fully saturated rings. The molecule has 1 aliphatic rings. The van der Waals surface area contributed by atoms with Crippen LogP contribution in [0.3, 0.4) is 0 Å². The van der Waals surface area contributed by atoms with Crippen molar-refractivity contribution in [2.75, 3.05) is 34.8 Å². The second kappa shape index (κ2) is 11.3. The van der Waals surface area contributed by atoms with E-state index in [-0.39, 0.29) is 6.61 Å². The molecule has 0 bridgehead atoms. The summed E-state index contributed by atoms with van der Waals surface area (Å²) < 4.78 is 0. The summed E-state index contributed by atoms with van der Waals surface area (Å²) in [7, 11) is 0. The second-order valence-electron chi connectivity index (χ2n) is 8.12. The maximum atomic E-state index is 9.48. The fourth-order valence-corrected chi connectivity index (χ4v) is 4.92. The van der Waals surface area contributed by atoms with Gasteiger partial charge in [-0.15, -0.1) is 0 Å². The van der Waals surface area contributed by atoms with Gasteiger partial charge in [0.1, 0.15) is 5.82 Å². The number of aliphatic hydroxyl groups is 1. The van der Waals surface area contributed by atoms with Crippen LogP contribution < -0.4 is 10.2 Å². The first-order valence-electron chi connectivity index (χ1n) is 11.5. The summed E-state index contributed by atoms with van der Waals surface area (Å²) in [5.74, 6) is 2.80. The van der Waals surface area contributed by atoms with Crippen molar-refractivity contribution in [2.24, 2.45) is 0 Å². The molecule has 3 N–H and O–H groups in total. The van der Waals surface area contributed by atoms with Gasteiger partial charge in [-0.2, -0.15) is 11.8 Å². The number of hydrogen-bond acceptors (Lipinski definition) is 7. The number of thioether (sulfide) groups is 1. The van der Waals surface area contributed by atoms with Gasteiger partial charge in [0.05, 0.1) is 23.7 Å². The third kappa shape index (κ3) is 5.72. The Bertz CT molecular complexity index is 1100. The van der Waals surface area contributed by atoms with Crippen LogP contribution in [0.15, 0.2) is 48.5 Å². The van der Waals surface area contributed by atoms with Crippen LogP contribution in [-0.2, 0) is 13.0 Å². The Labute approximate surface area is 200 Å². The largest absolute Gasteiger partial charge is 0.390 e. The average molecular weight is 462 g/mol.